The summed E-state index contributed by atoms with van der Waals surface area (Å²) in [4.78, 5) is 30.0. The summed E-state index contributed by atoms with van der Waals surface area (Å²) in [5, 5.41) is 0. The Hall–Kier alpha value is -3.41. The fourth-order valence-electron chi connectivity index (χ4n) is 5.50. The van der Waals surface area contributed by atoms with Gasteiger partial charge >= 0.3 is 0 Å². The van der Waals surface area contributed by atoms with Gasteiger partial charge in [-0.15, -0.1) is 0 Å². The van der Waals surface area contributed by atoms with E-state index in [1.54, 1.807) is 12.1 Å². The lowest BCUT2D eigenvalue weighted by molar-refractivity contribution is -0.139. The molecule has 0 bridgehead atoms. The summed E-state index contributed by atoms with van der Waals surface area (Å²) >= 11 is 0. The van der Waals surface area contributed by atoms with Crippen molar-refractivity contribution in [2.45, 2.75) is 44.7 Å². The zero-order valence-corrected chi connectivity index (χ0v) is 20.0. The Morgan fingerprint density at radius 3 is 2.26 bits per heavy atom. The molecule has 2 aliphatic rings. The normalized spacial score (nSPS) is 18.4. The minimum atomic E-state index is -0.295. The summed E-state index contributed by atoms with van der Waals surface area (Å²) in [6.45, 7) is 2.82. The lowest BCUT2D eigenvalue weighted by Crippen LogP contribution is -2.43. The summed E-state index contributed by atoms with van der Waals surface area (Å²) in [5.41, 5.74) is 3.25. The predicted octanol–water partition coefficient (Wildman–Crippen LogP) is 4.82. The summed E-state index contributed by atoms with van der Waals surface area (Å²) in [7, 11) is 0. The minimum absolute atomic E-state index is 0.0286. The molecule has 1 aromatic heterocycles. The predicted molar refractivity (Wildman–Crippen MR) is 133 cm³/mol. The third kappa shape index (κ3) is 5.31. The second kappa shape index (κ2) is 10.5. The van der Waals surface area contributed by atoms with E-state index in [2.05, 4.69) is 28.8 Å². The van der Waals surface area contributed by atoms with Gasteiger partial charge in [0, 0.05) is 50.9 Å². The number of piperidine rings is 1. The highest BCUT2D eigenvalue weighted by Crippen LogP contribution is 2.33. The number of benzene rings is 2. The number of aromatic nitrogens is 1. The SMILES string of the molecule is O=C(CCC(=O)N1CCn2cccc2C1c1ccc(F)cc1)N1CCC(Cc2ccccc2)CC1. The highest BCUT2D eigenvalue weighted by molar-refractivity contribution is 5.84. The summed E-state index contributed by atoms with van der Waals surface area (Å²) in [6, 6.07) is 20.6. The molecule has 0 spiro atoms. The molecule has 5 nitrogen and oxygen atoms in total. The quantitative estimate of drug-likeness (QED) is 0.515. The van der Waals surface area contributed by atoms with Crippen LogP contribution >= 0.6 is 0 Å². The van der Waals surface area contributed by atoms with Crippen LogP contribution in [0.1, 0.15) is 48.5 Å². The summed E-state index contributed by atoms with van der Waals surface area (Å²) < 4.78 is 15.7. The first kappa shape index (κ1) is 23.3. The number of likely N-dealkylation sites (tertiary alicyclic amines) is 1. The van der Waals surface area contributed by atoms with Crippen LogP contribution in [0.5, 0.6) is 0 Å². The van der Waals surface area contributed by atoms with E-state index >= 15 is 0 Å². The number of carbonyl (C=O) groups excluding carboxylic acids is 2. The second-order valence-corrected chi connectivity index (χ2v) is 9.68. The van der Waals surface area contributed by atoms with E-state index in [0.717, 1.165) is 43.6 Å². The molecule has 0 radical (unpaired) electrons. The lowest BCUT2D eigenvalue weighted by Gasteiger charge is -2.37. The second-order valence-electron chi connectivity index (χ2n) is 9.68. The number of fused-ring (bicyclic) bond motifs is 1. The molecular weight excluding hydrogens is 441 g/mol. The molecule has 0 aliphatic carbocycles. The molecule has 3 heterocycles. The molecule has 182 valence electrons. The van der Waals surface area contributed by atoms with Crippen molar-refractivity contribution in [2.75, 3.05) is 19.6 Å². The first-order valence-electron chi connectivity index (χ1n) is 12.6. The molecule has 2 aromatic carbocycles. The highest BCUT2D eigenvalue weighted by Gasteiger charge is 2.32. The average molecular weight is 474 g/mol. The van der Waals surface area contributed by atoms with E-state index in [9.17, 15) is 14.0 Å². The highest BCUT2D eigenvalue weighted by atomic mass is 19.1. The third-order valence-corrected chi connectivity index (χ3v) is 7.43. The van der Waals surface area contributed by atoms with Crippen LogP contribution in [-0.4, -0.2) is 45.8 Å². The van der Waals surface area contributed by atoms with Gasteiger partial charge in [0.05, 0.1) is 6.04 Å². The van der Waals surface area contributed by atoms with E-state index in [4.69, 9.17) is 0 Å². The van der Waals surface area contributed by atoms with Gasteiger partial charge in [-0.05, 0) is 60.6 Å². The van der Waals surface area contributed by atoms with Crippen molar-refractivity contribution in [1.29, 1.82) is 0 Å². The van der Waals surface area contributed by atoms with E-state index in [1.165, 1.54) is 17.7 Å². The fourth-order valence-corrected chi connectivity index (χ4v) is 5.50. The van der Waals surface area contributed by atoms with Crippen LogP contribution in [0, 0.1) is 11.7 Å². The molecule has 1 atom stereocenters. The van der Waals surface area contributed by atoms with Crippen molar-refractivity contribution in [3.05, 3.63) is 95.6 Å². The topological polar surface area (TPSA) is 45.6 Å². The molecule has 1 saturated heterocycles. The number of hydrogen-bond donors (Lipinski definition) is 0. The number of nitrogens with zero attached hydrogens (tertiary/aromatic N) is 3. The average Bonchev–Trinajstić information content (AvgIpc) is 3.37. The molecule has 35 heavy (non-hydrogen) atoms. The van der Waals surface area contributed by atoms with E-state index in [1.807, 2.05) is 34.2 Å². The first-order chi connectivity index (χ1) is 17.1. The number of carbonyl (C=O) groups is 2. The first-order valence-corrected chi connectivity index (χ1v) is 12.6. The van der Waals surface area contributed by atoms with Crippen LogP contribution in [-0.2, 0) is 22.6 Å². The van der Waals surface area contributed by atoms with Crippen LogP contribution < -0.4 is 0 Å². The summed E-state index contributed by atoms with van der Waals surface area (Å²) in [5.74, 6) is 0.342. The monoisotopic (exact) mass is 473 g/mol. The molecule has 2 amide bonds. The Morgan fingerprint density at radius 1 is 0.800 bits per heavy atom. The molecule has 5 rings (SSSR count). The Morgan fingerprint density at radius 2 is 1.51 bits per heavy atom. The van der Waals surface area contributed by atoms with Crippen molar-refractivity contribution in [3.63, 3.8) is 0 Å². The zero-order chi connectivity index (χ0) is 24.2. The standard InChI is InChI=1S/C29H32FN3O2/c30-25-10-8-24(9-11-25)29-26-7-4-16-31(26)19-20-33(29)28(35)13-12-27(34)32-17-14-23(15-18-32)21-22-5-2-1-3-6-22/h1-11,16,23,29H,12-15,17-21H2. The Kier molecular flexibility index (Phi) is 6.98. The maximum Gasteiger partial charge on any atom is 0.223 e. The van der Waals surface area contributed by atoms with E-state index in [0.29, 0.717) is 19.0 Å². The Labute approximate surface area is 206 Å². The van der Waals surface area contributed by atoms with Gasteiger partial charge < -0.3 is 14.4 Å². The third-order valence-electron chi connectivity index (χ3n) is 7.43. The van der Waals surface area contributed by atoms with Crippen LogP contribution in [0.3, 0.4) is 0 Å². The van der Waals surface area contributed by atoms with Gasteiger partial charge in [0.25, 0.3) is 0 Å². The van der Waals surface area contributed by atoms with Crippen LogP contribution in [0.15, 0.2) is 72.9 Å². The van der Waals surface area contributed by atoms with Crippen LogP contribution in [0.4, 0.5) is 4.39 Å². The maximum atomic E-state index is 13.5. The Balaban J connectivity index is 1.17. The molecule has 3 aromatic rings. The van der Waals surface area contributed by atoms with Gasteiger partial charge in [-0.3, -0.25) is 9.59 Å². The van der Waals surface area contributed by atoms with Crippen molar-refractivity contribution in [1.82, 2.24) is 14.4 Å². The number of amides is 2. The Bertz CT molecular complexity index is 1150. The molecular formula is C29H32FN3O2. The van der Waals surface area contributed by atoms with Crippen LogP contribution in [0.25, 0.3) is 0 Å². The molecule has 1 fully saturated rings. The minimum Gasteiger partial charge on any atom is -0.348 e. The van der Waals surface area contributed by atoms with Crippen molar-refractivity contribution in [3.8, 4) is 0 Å². The van der Waals surface area contributed by atoms with Crippen molar-refractivity contribution in [2.24, 2.45) is 5.92 Å². The van der Waals surface area contributed by atoms with Crippen LogP contribution in [0.2, 0.25) is 0 Å². The van der Waals surface area contributed by atoms with Gasteiger partial charge in [0.2, 0.25) is 11.8 Å². The van der Waals surface area contributed by atoms with Gasteiger partial charge in [0.1, 0.15) is 5.82 Å². The number of rotatable bonds is 6. The van der Waals surface area contributed by atoms with Crippen molar-refractivity contribution < 1.29 is 14.0 Å². The van der Waals surface area contributed by atoms with Gasteiger partial charge in [-0.2, -0.15) is 0 Å². The number of hydrogen-bond acceptors (Lipinski definition) is 2. The van der Waals surface area contributed by atoms with Gasteiger partial charge in [-0.1, -0.05) is 42.5 Å². The summed E-state index contributed by atoms with van der Waals surface area (Å²) in [6.07, 6.45) is 5.51. The smallest absolute Gasteiger partial charge is 0.223 e. The molecule has 0 N–H and O–H groups in total. The maximum absolute atomic E-state index is 13.5. The zero-order valence-electron chi connectivity index (χ0n) is 20.0. The number of halogens is 1. The van der Waals surface area contributed by atoms with E-state index < -0.39 is 0 Å². The largest absolute Gasteiger partial charge is 0.348 e. The molecule has 1 unspecified atom stereocenters. The molecule has 0 saturated carbocycles. The lowest BCUT2D eigenvalue weighted by atomic mass is 9.90. The van der Waals surface area contributed by atoms with Crippen molar-refractivity contribution >= 4 is 11.8 Å². The van der Waals surface area contributed by atoms with Gasteiger partial charge in [0.15, 0.2) is 0 Å². The van der Waals surface area contributed by atoms with Gasteiger partial charge in [-0.25, -0.2) is 4.39 Å². The molecule has 2 aliphatic heterocycles. The molecule has 6 heteroatoms. The van der Waals surface area contributed by atoms with E-state index in [-0.39, 0.29) is 36.5 Å². The fraction of sp³-hybridized carbons (Fsp3) is 0.379.